The van der Waals surface area contributed by atoms with Gasteiger partial charge >= 0.3 is 0 Å². The van der Waals surface area contributed by atoms with Gasteiger partial charge in [-0.2, -0.15) is 0 Å². The summed E-state index contributed by atoms with van der Waals surface area (Å²) in [6.07, 6.45) is 0. The summed E-state index contributed by atoms with van der Waals surface area (Å²) in [4.78, 5) is 41.6. The lowest BCUT2D eigenvalue weighted by molar-refractivity contribution is -0.123. The van der Waals surface area contributed by atoms with Crippen LogP contribution in [0.1, 0.15) is 22.8 Å². The molecule has 1 heterocycles. The molecule has 0 saturated heterocycles. The number of hydrogen-bond donors (Lipinski definition) is 4. The van der Waals surface area contributed by atoms with E-state index in [0.717, 1.165) is 0 Å². The highest BCUT2D eigenvalue weighted by molar-refractivity contribution is 6.47. The summed E-state index contributed by atoms with van der Waals surface area (Å²) in [5.41, 5.74) is 5.26. The molecule has 0 bridgehead atoms. The number of nitrogens with two attached hydrogens (primary N) is 1. The van der Waals surface area contributed by atoms with Crippen LogP contribution in [0.3, 0.4) is 0 Å². The van der Waals surface area contributed by atoms with Crippen LogP contribution < -0.4 is 26.4 Å². The number of nitrogens with zero attached hydrogens (tertiary/aromatic N) is 1. The van der Waals surface area contributed by atoms with Crippen LogP contribution >= 0.6 is 11.6 Å². The first-order chi connectivity index (χ1) is 14.8. The van der Waals surface area contributed by atoms with Gasteiger partial charge in [0.15, 0.2) is 5.54 Å². The summed E-state index contributed by atoms with van der Waals surface area (Å²) < 4.78 is 5.13. The molecule has 1 aliphatic heterocycles. The number of methoxy groups -OCH3 is 1. The molecule has 2 aromatic rings. The number of carbonyl (C=O) groups is 3. The maximum Gasteiger partial charge on any atom is 0.268 e. The Bertz CT molecular complexity index is 1050. The second-order valence-electron chi connectivity index (χ2n) is 6.67. The number of halogens is 1. The first-order valence-corrected chi connectivity index (χ1v) is 9.85. The molecule has 2 aromatic carbocycles. The minimum atomic E-state index is -1.56. The molecule has 3 amide bonds. The van der Waals surface area contributed by atoms with Gasteiger partial charge in [-0.3, -0.25) is 24.7 Å². The van der Waals surface area contributed by atoms with Gasteiger partial charge in [0.25, 0.3) is 11.8 Å². The molecule has 31 heavy (non-hydrogen) atoms. The van der Waals surface area contributed by atoms with Crippen molar-refractivity contribution in [2.45, 2.75) is 12.5 Å². The van der Waals surface area contributed by atoms with E-state index in [1.165, 1.54) is 7.11 Å². The molecule has 0 aromatic heterocycles. The number of ether oxygens (including phenoxy) is 1. The van der Waals surface area contributed by atoms with E-state index in [1.807, 2.05) is 0 Å². The number of benzene rings is 2. The molecule has 10 heteroatoms. The van der Waals surface area contributed by atoms with E-state index in [0.29, 0.717) is 23.5 Å². The van der Waals surface area contributed by atoms with Crippen molar-refractivity contribution in [3.63, 3.8) is 0 Å². The molecule has 162 valence electrons. The third kappa shape index (κ3) is 4.10. The normalized spacial score (nSPS) is 17.6. The van der Waals surface area contributed by atoms with Crippen molar-refractivity contribution in [1.82, 2.24) is 10.6 Å². The van der Waals surface area contributed by atoms with Gasteiger partial charge in [-0.15, -0.1) is 0 Å². The fourth-order valence-electron chi connectivity index (χ4n) is 3.36. The second kappa shape index (κ2) is 9.15. The lowest BCUT2D eigenvalue weighted by Crippen LogP contribution is -2.58. The van der Waals surface area contributed by atoms with Crippen LogP contribution in [0.15, 0.2) is 47.5 Å². The molecule has 9 nitrogen and oxygen atoms in total. The standard InChI is InChI=1S/C21H22ClN5O4/c1-3-24-19(29)17-21(20(23)30,26-11-25-17)12-7-9-13(10-8-12)27-18(28)14-5-4-6-15(31-2)16(14)22/h4-10,26H,3,11H2,1-2H3,(H2,23,30)(H,24,29)(H,27,28). The third-order valence-corrected chi connectivity index (χ3v) is 5.25. The maximum atomic E-state index is 12.6. The average molecular weight is 444 g/mol. The van der Waals surface area contributed by atoms with E-state index in [2.05, 4.69) is 20.9 Å². The molecule has 1 atom stereocenters. The molecule has 0 radical (unpaired) electrons. The minimum absolute atomic E-state index is 0.00166. The SMILES string of the molecule is CCNC(=O)C1=NCNC1(C(N)=O)c1ccc(NC(=O)c2cccc(OC)c2Cl)cc1. The zero-order valence-corrected chi connectivity index (χ0v) is 17.7. The van der Waals surface area contributed by atoms with Crippen molar-refractivity contribution < 1.29 is 19.1 Å². The fraction of sp³-hybridized carbons (Fsp3) is 0.238. The summed E-state index contributed by atoms with van der Waals surface area (Å²) >= 11 is 6.21. The Hall–Kier alpha value is -3.43. The Balaban J connectivity index is 1.87. The second-order valence-corrected chi connectivity index (χ2v) is 7.05. The monoisotopic (exact) mass is 443 g/mol. The summed E-state index contributed by atoms with van der Waals surface area (Å²) in [5.74, 6) is -1.27. The van der Waals surface area contributed by atoms with Crippen LogP contribution in [0, 0.1) is 0 Å². The summed E-state index contributed by atoms with van der Waals surface area (Å²) in [6.45, 7) is 2.21. The molecule has 0 spiro atoms. The number of primary amides is 1. The van der Waals surface area contributed by atoms with Gasteiger partial charge < -0.3 is 21.1 Å². The van der Waals surface area contributed by atoms with E-state index in [9.17, 15) is 14.4 Å². The van der Waals surface area contributed by atoms with Gasteiger partial charge in [0.05, 0.1) is 24.4 Å². The highest BCUT2D eigenvalue weighted by atomic mass is 35.5. The van der Waals surface area contributed by atoms with Gasteiger partial charge in [0.1, 0.15) is 11.5 Å². The number of nitrogens with one attached hydrogen (secondary N) is 3. The van der Waals surface area contributed by atoms with E-state index >= 15 is 0 Å². The van der Waals surface area contributed by atoms with Crippen LogP contribution in [-0.2, 0) is 15.1 Å². The first-order valence-electron chi connectivity index (χ1n) is 9.47. The van der Waals surface area contributed by atoms with E-state index in [1.54, 1.807) is 49.4 Å². The van der Waals surface area contributed by atoms with Crippen molar-refractivity contribution in [1.29, 1.82) is 0 Å². The molecule has 1 aliphatic rings. The van der Waals surface area contributed by atoms with Crippen LogP contribution in [-0.4, -0.2) is 43.8 Å². The lowest BCUT2D eigenvalue weighted by atomic mass is 9.84. The molecule has 1 unspecified atom stereocenters. The van der Waals surface area contributed by atoms with Gasteiger partial charge in [0.2, 0.25) is 5.91 Å². The molecule has 0 aliphatic carbocycles. The number of anilines is 1. The predicted molar refractivity (Wildman–Crippen MR) is 117 cm³/mol. The van der Waals surface area contributed by atoms with E-state index < -0.39 is 23.3 Å². The Labute approximate surface area is 184 Å². The number of hydrogen-bond acceptors (Lipinski definition) is 6. The Kier molecular flexibility index (Phi) is 6.57. The molecular formula is C21H22ClN5O4. The zero-order chi connectivity index (χ0) is 22.6. The topological polar surface area (TPSA) is 135 Å². The van der Waals surface area contributed by atoms with Crippen molar-refractivity contribution in [3.05, 3.63) is 58.6 Å². The summed E-state index contributed by atoms with van der Waals surface area (Å²) in [7, 11) is 1.46. The summed E-state index contributed by atoms with van der Waals surface area (Å²) in [5, 5.41) is 8.50. The van der Waals surface area contributed by atoms with Crippen molar-refractivity contribution >= 4 is 40.7 Å². The van der Waals surface area contributed by atoms with Crippen LogP contribution in [0.5, 0.6) is 5.75 Å². The Morgan fingerprint density at radius 3 is 2.52 bits per heavy atom. The van der Waals surface area contributed by atoms with Crippen molar-refractivity contribution in [3.8, 4) is 5.75 Å². The maximum absolute atomic E-state index is 12.6. The average Bonchev–Trinajstić information content (AvgIpc) is 3.21. The smallest absolute Gasteiger partial charge is 0.268 e. The van der Waals surface area contributed by atoms with Gasteiger partial charge in [-0.1, -0.05) is 29.8 Å². The van der Waals surface area contributed by atoms with Crippen LogP contribution in [0.2, 0.25) is 5.02 Å². The van der Waals surface area contributed by atoms with Crippen LogP contribution in [0.4, 0.5) is 5.69 Å². The molecule has 0 fully saturated rings. The fourth-order valence-corrected chi connectivity index (χ4v) is 3.65. The Morgan fingerprint density at radius 2 is 1.90 bits per heavy atom. The largest absolute Gasteiger partial charge is 0.495 e. The van der Waals surface area contributed by atoms with E-state index in [-0.39, 0.29) is 23.0 Å². The zero-order valence-electron chi connectivity index (χ0n) is 17.0. The Morgan fingerprint density at radius 1 is 1.19 bits per heavy atom. The quantitative estimate of drug-likeness (QED) is 0.513. The number of amides is 3. The van der Waals surface area contributed by atoms with Crippen molar-refractivity contribution in [2.75, 3.05) is 25.6 Å². The van der Waals surface area contributed by atoms with Crippen molar-refractivity contribution in [2.24, 2.45) is 10.7 Å². The number of carbonyl (C=O) groups excluding carboxylic acids is 3. The number of rotatable bonds is 7. The molecule has 3 rings (SSSR count). The number of aliphatic imine (C=N–C) groups is 1. The molecule has 5 N–H and O–H groups in total. The van der Waals surface area contributed by atoms with Gasteiger partial charge in [0, 0.05) is 12.2 Å². The third-order valence-electron chi connectivity index (χ3n) is 4.86. The predicted octanol–water partition coefficient (Wildman–Crippen LogP) is 1.42. The minimum Gasteiger partial charge on any atom is -0.495 e. The lowest BCUT2D eigenvalue weighted by Gasteiger charge is -2.28. The van der Waals surface area contributed by atoms with Gasteiger partial charge in [-0.25, -0.2) is 0 Å². The van der Waals surface area contributed by atoms with Gasteiger partial charge in [-0.05, 0) is 36.8 Å². The summed E-state index contributed by atoms with van der Waals surface area (Å²) in [6, 6.07) is 11.3. The molecule has 0 saturated carbocycles. The van der Waals surface area contributed by atoms with E-state index in [4.69, 9.17) is 22.1 Å². The first kappa shape index (κ1) is 22.3. The van der Waals surface area contributed by atoms with Crippen LogP contribution in [0.25, 0.3) is 0 Å². The highest BCUT2D eigenvalue weighted by Gasteiger charge is 2.49. The molecular weight excluding hydrogens is 422 g/mol. The highest BCUT2D eigenvalue weighted by Crippen LogP contribution is 2.30.